The number of nitrogens with zero attached hydrogens (tertiary/aromatic N) is 3. The number of aliphatic imine (C=N–C) groups is 1. The van der Waals surface area contributed by atoms with Gasteiger partial charge in [0.1, 0.15) is 5.75 Å². The Bertz CT molecular complexity index is 869. The average molecular weight is 550 g/mol. The lowest BCUT2D eigenvalue weighted by Crippen LogP contribution is -2.40. The number of rotatable bonds is 6. The number of ether oxygens (including phenoxy) is 2. The van der Waals surface area contributed by atoms with Crippen molar-refractivity contribution in [2.75, 3.05) is 53.6 Å². The van der Waals surface area contributed by atoms with Gasteiger partial charge in [0.05, 0.1) is 20.3 Å². The molecule has 2 aromatic rings. The Morgan fingerprint density at radius 1 is 1.06 bits per heavy atom. The summed E-state index contributed by atoms with van der Waals surface area (Å²) in [6.45, 7) is 7.44. The number of nitrogens with one attached hydrogen (secondary N) is 1. The summed E-state index contributed by atoms with van der Waals surface area (Å²) in [5.41, 5.74) is 4.08. The van der Waals surface area contributed by atoms with Crippen molar-refractivity contribution in [3.05, 3.63) is 65.2 Å². The van der Waals surface area contributed by atoms with Gasteiger partial charge < -0.3 is 19.7 Å². The van der Waals surface area contributed by atoms with Crippen molar-refractivity contribution < 1.29 is 9.47 Å². The van der Waals surface area contributed by atoms with E-state index in [0.717, 1.165) is 70.6 Å². The third-order valence-electron chi connectivity index (χ3n) is 6.34. The molecule has 2 aliphatic rings. The van der Waals surface area contributed by atoms with Gasteiger partial charge in [-0.1, -0.05) is 36.4 Å². The SMILES string of the molecule is CN=C(NCc1ccccc1CN1CCOCC1)N1CCC(c2ccc(OC)cc2)C1.I. The van der Waals surface area contributed by atoms with E-state index in [1.54, 1.807) is 7.11 Å². The molecule has 1 N–H and O–H groups in total. The summed E-state index contributed by atoms with van der Waals surface area (Å²) < 4.78 is 10.8. The van der Waals surface area contributed by atoms with Gasteiger partial charge in [0, 0.05) is 52.2 Å². The number of hydrogen-bond donors (Lipinski definition) is 1. The molecule has 0 radical (unpaired) electrons. The summed E-state index contributed by atoms with van der Waals surface area (Å²) >= 11 is 0. The van der Waals surface area contributed by atoms with E-state index in [1.165, 1.54) is 16.7 Å². The van der Waals surface area contributed by atoms with Crippen LogP contribution in [0.15, 0.2) is 53.5 Å². The molecular formula is C25H35IN4O2. The fourth-order valence-corrected chi connectivity index (χ4v) is 4.49. The van der Waals surface area contributed by atoms with Gasteiger partial charge in [0.25, 0.3) is 0 Å². The third kappa shape index (κ3) is 6.36. The second kappa shape index (κ2) is 12.4. The van der Waals surface area contributed by atoms with Crippen LogP contribution in [0.1, 0.15) is 29.0 Å². The molecular weight excluding hydrogens is 515 g/mol. The molecule has 2 aromatic carbocycles. The molecule has 0 amide bonds. The zero-order valence-electron chi connectivity index (χ0n) is 19.1. The van der Waals surface area contributed by atoms with E-state index < -0.39 is 0 Å². The maximum Gasteiger partial charge on any atom is 0.193 e. The number of hydrogen-bond acceptors (Lipinski definition) is 4. The molecule has 4 rings (SSSR count). The summed E-state index contributed by atoms with van der Waals surface area (Å²) in [6.07, 6.45) is 1.14. The van der Waals surface area contributed by atoms with Crippen LogP contribution < -0.4 is 10.1 Å². The Morgan fingerprint density at radius 2 is 1.78 bits per heavy atom. The Labute approximate surface area is 209 Å². The van der Waals surface area contributed by atoms with E-state index >= 15 is 0 Å². The van der Waals surface area contributed by atoms with Gasteiger partial charge in [-0.2, -0.15) is 0 Å². The first-order chi connectivity index (χ1) is 15.3. The molecule has 6 nitrogen and oxygen atoms in total. The first-order valence-corrected chi connectivity index (χ1v) is 11.2. The normalized spacial score (nSPS) is 19.5. The van der Waals surface area contributed by atoms with Crippen LogP contribution in [0.5, 0.6) is 5.75 Å². The minimum Gasteiger partial charge on any atom is -0.497 e. The van der Waals surface area contributed by atoms with Gasteiger partial charge in [-0.15, -0.1) is 24.0 Å². The molecule has 2 heterocycles. The Kier molecular flexibility index (Phi) is 9.62. The molecule has 1 unspecified atom stereocenters. The predicted molar refractivity (Wildman–Crippen MR) is 140 cm³/mol. The van der Waals surface area contributed by atoms with E-state index in [1.807, 2.05) is 7.05 Å². The smallest absolute Gasteiger partial charge is 0.193 e. The van der Waals surface area contributed by atoms with Crippen molar-refractivity contribution in [1.29, 1.82) is 0 Å². The molecule has 2 fully saturated rings. The quantitative estimate of drug-likeness (QED) is 0.338. The number of likely N-dealkylation sites (tertiary alicyclic amines) is 1. The highest BCUT2D eigenvalue weighted by atomic mass is 127. The number of methoxy groups -OCH3 is 1. The molecule has 7 heteroatoms. The largest absolute Gasteiger partial charge is 0.497 e. The molecule has 174 valence electrons. The Balaban J connectivity index is 0.00000289. The van der Waals surface area contributed by atoms with Crippen LogP contribution in [0.25, 0.3) is 0 Å². The van der Waals surface area contributed by atoms with E-state index in [-0.39, 0.29) is 24.0 Å². The highest BCUT2D eigenvalue weighted by Gasteiger charge is 2.26. The van der Waals surface area contributed by atoms with E-state index in [2.05, 4.69) is 68.6 Å². The van der Waals surface area contributed by atoms with Crippen molar-refractivity contribution >= 4 is 29.9 Å². The first kappa shape index (κ1) is 24.8. The molecule has 2 saturated heterocycles. The van der Waals surface area contributed by atoms with Crippen molar-refractivity contribution in [1.82, 2.24) is 15.1 Å². The van der Waals surface area contributed by atoms with Gasteiger partial charge in [0.2, 0.25) is 0 Å². The molecule has 32 heavy (non-hydrogen) atoms. The molecule has 2 aliphatic heterocycles. The first-order valence-electron chi connectivity index (χ1n) is 11.2. The second-order valence-corrected chi connectivity index (χ2v) is 8.26. The molecule has 0 aromatic heterocycles. The van der Waals surface area contributed by atoms with Gasteiger partial charge in [-0.3, -0.25) is 9.89 Å². The molecule has 0 spiro atoms. The highest BCUT2D eigenvalue weighted by molar-refractivity contribution is 14.0. The van der Waals surface area contributed by atoms with E-state index in [9.17, 15) is 0 Å². The monoisotopic (exact) mass is 550 g/mol. The number of halogens is 1. The van der Waals surface area contributed by atoms with Crippen molar-refractivity contribution in [2.24, 2.45) is 4.99 Å². The molecule has 1 atom stereocenters. The van der Waals surface area contributed by atoms with Crippen LogP contribution in [-0.2, 0) is 17.8 Å². The maximum atomic E-state index is 5.49. The van der Waals surface area contributed by atoms with Crippen molar-refractivity contribution in [3.8, 4) is 5.75 Å². The zero-order chi connectivity index (χ0) is 21.5. The standard InChI is InChI=1S/C25H34N4O2.HI/c1-26-25(29-12-11-23(19-29)20-7-9-24(30-2)10-8-20)27-17-21-5-3-4-6-22(21)18-28-13-15-31-16-14-28;/h3-10,23H,11-19H2,1-2H3,(H,26,27);1H. The average Bonchev–Trinajstić information content (AvgIpc) is 3.31. The van der Waals surface area contributed by atoms with E-state index in [4.69, 9.17) is 9.47 Å². The number of guanidine groups is 1. The second-order valence-electron chi connectivity index (χ2n) is 8.26. The van der Waals surface area contributed by atoms with Gasteiger partial charge in [0.15, 0.2) is 5.96 Å². The summed E-state index contributed by atoms with van der Waals surface area (Å²) in [6, 6.07) is 17.2. The van der Waals surface area contributed by atoms with Gasteiger partial charge >= 0.3 is 0 Å². The van der Waals surface area contributed by atoms with Crippen molar-refractivity contribution in [3.63, 3.8) is 0 Å². The van der Waals surface area contributed by atoms with E-state index in [0.29, 0.717) is 5.92 Å². The number of morpholine rings is 1. The van der Waals surface area contributed by atoms with Crippen LogP contribution in [-0.4, -0.2) is 69.3 Å². The minimum atomic E-state index is 0. The maximum absolute atomic E-state index is 5.49. The Morgan fingerprint density at radius 3 is 2.47 bits per heavy atom. The summed E-state index contributed by atoms with van der Waals surface area (Å²) in [5.74, 6) is 2.42. The van der Waals surface area contributed by atoms with Gasteiger partial charge in [-0.05, 0) is 35.2 Å². The van der Waals surface area contributed by atoms with Crippen LogP contribution in [0.2, 0.25) is 0 Å². The minimum absolute atomic E-state index is 0. The zero-order valence-corrected chi connectivity index (χ0v) is 21.5. The van der Waals surface area contributed by atoms with Crippen LogP contribution in [0.4, 0.5) is 0 Å². The fraction of sp³-hybridized carbons (Fsp3) is 0.480. The number of benzene rings is 2. The Hall–Kier alpha value is -1.84. The molecule has 0 saturated carbocycles. The predicted octanol–water partition coefficient (Wildman–Crippen LogP) is 3.71. The lowest BCUT2D eigenvalue weighted by atomic mass is 9.98. The fourth-order valence-electron chi connectivity index (χ4n) is 4.49. The third-order valence-corrected chi connectivity index (χ3v) is 6.34. The summed E-state index contributed by atoms with van der Waals surface area (Å²) in [4.78, 5) is 9.41. The van der Waals surface area contributed by atoms with Crippen LogP contribution >= 0.6 is 24.0 Å². The summed E-state index contributed by atoms with van der Waals surface area (Å²) in [5, 5.41) is 3.61. The van der Waals surface area contributed by atoms with Crippen LogP contribution in [0.3, 0.4) is 0 Å². The highest BCUT2D eigenvalue weighted by Crippen LogP contribution is 2.28. The lowest BCUT2D eigenvalue weighted by Gasteiger charge is -2.28. The van der Waals surface area contributed by atoms with Crippen molar-refractivity contribution in [2.45, 2.75) is 25.4 Å². The molecule has 0 aliphatic carbocycles. The lowest BCUT2D eigenvalue weighted by molar-refractivity contribution is 0.0341. The van der Waals surface area contributed by atoms with Gasteiger partial charge in [-0.25, -0.2) is 0 Å². The summed E-state index contributed by atoms with van der Waals surface area (Å²) in [7, 11) is 3.59. The topological polar surface area (TPSA) is 49.3 Å². The molecule has 0 bridgehead atoms. The van der Waals surface area contributed by atoms with Crippen LogP contribution in [0, 0.1) is 0 Å².